The van der Waals surface area contributed by atoms with E-state index in [0.29, 0.717) is 5.02 Å². The molecule has 0 aliphatic heterocycles. The zero-order chi connectivity index (χ0) is 15.7. The summed E-state index contributed by atoms with van der Waals surface area (Å²) in [6.45, 7) is 0. The number of halogens is 1. The molecule has 8 heteroatoms. The topological polar surface area (TPSA) is 130 Å². The zero-order valence-corrected chi connectivity index (χ0v) is 11.6. The molecule has 0 aromatic heterocycles. The summed E-state index contributed by atoms with van der Waals surface area (Å²) in [5.41, 5.74) is 0.192. The van der Waals surface area contributed by atoms with Crippen LogP contribution in [0.4, 0.5) is 0 Å². The van der Waals surface area contributed by atoms with E-state index in [1.165, 1.54) is 12.1 Å². The number of aliphatic hydroxyl groups excluding tert-OH is 5. The number of benzene rings is 1. The van der Waals surface area contributed by atoms with Crippen molar-refractivity contribution in [2.75, 3.05) is 0 Å². The minimum absolute atomic E-state index is 0.192. The minimum Gasteiger partial charge on any atom is -0.388 e. The summed E-state index contributed by atoms with van der Waals surface area (Å²) in [6.07, 6.45) is -8.32. The van der Waals surface area contributed by atoms with Crippen LogP contribution in [-0.4, -0.2) is 68.0 Å². The van der Waals surface area contributed by atoms with E-state index in [-0.39, 0.29) is 5.56 Å². The Morgan fingerprint density at radius 2 is 1.48 bits per heavy atom. The van der Waals surface area contributed by atoms with Crippen LogP contribution in [-0.2, 0) is 0 Å². The molecule has 1 saturated carbocycles. The molecular formula is C13H16ClNO6. The number of hydrogen-bond acceptors (Lipinski definition) is 6. The smallest absolute Gasteiger partial charge is 0.251 e. The first-order chi connectivity index (χ1) is 9.82. The highest BCUT2D eigenvalue weighted by Crippen LogP contribution is 2.22. The van der Waals surface area contributed by atoms with Crippen LogP contribution in [0.15, 0.2) is 24.3 Å². The van der Waals surface area contributed by atoms with Crippen LogP contribution in [0.5, 0.6) is 0 Å². The lowest BCUT2D eigenvalue weighted by Crippen LogP contribution is -2.68. The molecular weight excluding hydrogens is 302 g/mol. The van der Waals surface area contributed by atoms with Crippen molar-refractivity contribution in [3.63, 3.8) is 0 Å². The maximum absolute atomic E-state index is 12.0. The predicted molar refractivity (Wildman–Crippen MR) is 72.7 cm³/mol. The molecule has 2 rings (SSSR count). The summed E-state index contributed by atoms with van der Waals surface area (Å²) in [4.78, 5) is 12.0. The molecule has 6 atom stereocenters. The first-order valence-electron chi connectivity index (χ1n) is 6.29. The van der Waals surface area contributed by atoms with Gasteiger partial charge in [-0.05, 0) is 18.2 Å². The van der Waals surface area contributed by atoms with E-state index < -0.39 is 42.5 Å². The average Bonchev–Trinajstić information content (AvgIpc) is 2.47. The van der Waals surface area contributed by atoms with Crippen LogP contribution in [0.2, 0.25) is 5.02 Å². The molecule has 0 spiro atoms. The summed E-state index contributed by atoms with van der Waals surface area (Å²) in [5, 5.41) is 50.9. The fourth-order valence-electron chi connectivity index (χ4n) is 2.27. The number of amides is 1. The Hall–Kier alpha value is -1.22. The van der Waals surface area contributed by atoms with Gasteiger partial charge in [-0.15, -0.1) is 0 Å². The maximum Gasteiger partial charge on any atom is 0.251 e. The van der Waals surface area contributed by atoms with E-state index in [2.05, 4.69) is 5.32 Å². The van der Waals surface area contributed by atoms with Crippen LogP contribution in [0.1, 0.15) is 10.4 Å². The van der Waals surface area contributed by atoms with E-state index in [4.69, 9.17) is 11.6 Å². The van der Waals surface area contributed by atoms with Crippen LogP contribution < -0.4 is 5.32 Å². The summed E-state index contributed by atoms with van der Waals surface area (Å²) in [7, 11) is 0. The lowest BCUT2D eigenvalue weighted by molar-refractivity contribution is -0.188. The van der Waals surface area contributed by atoms with Gasteiger partial charge >= 0.3 is 0 Å². The van der Waals surface area contributed by atoms with Gasteiger partial charge in [0.05, 0.1) is 6.04 Å². The lowest BCUT2D eigenvalue weighted by Gasteiger charge is -2.42. The fraction of sp³-hybridized carbons (Fsp3) is 0.462. The van der Waals surface area contributed by atoms with Crippen molar-refractivity contribution in [2.45, 2.75) is 36.6 Å². The molecule has 1 aliphatic rings. The highest BCUT2D eigenvalue weighted by molar-refractivity contribution is 6.30. The molecule has 21 heavy (non-hydrogen) atoms. The van der Waals surface area contributed by atoms with Gasteiger partial charge in [-0.2, -0.15) is 0 Å². The molecule has 2 unspecified atom stereocenters. The largest absolute Gasteiger partial charge is 0.388 e. The van der Waals surface area contributed by atoms with Gasteiger partial charge in [-0.25, -0.2) is 0 Å². The van der Waals surface area contributed by atoms with Crippen molar-refractivity contribution >= 4 is 17.5 Å². The Morgan fingerprint density at radius 1 is 0.952 bits per heavy atom. The quantitative estimate of drug-likeness (QED) is 0.384. The van der Waals surface area contributed by atoms with E-state index in [0.717, 1.165) is 0 Å². The van der Waals surface area contributed by atoms with E-state index in [9.17, 15) is 30.3 Å². The fourth-order valence-corrected chi connectivity index (χ4v) is 2.46. The Balaban J connectivity index is 2.16. The second-order valence-electron chi connectivity index (χ2n) is 4.96. The molecule has 1 fully saturated rings. The monoisotopic (exact) mass is 317 g/mol. The summed E-state index contributed by atoms with van der Waals surface area (Å²) in [5.74, 6) is -0.642. The maximum atomic E-state index is 12.0. The normalized spacial score (nSPS) is 36.3. The third kappa shape index (κ3) is 3.18. The first kappa shape index (κ1) is 16.2. The minimum atomic E-state index is -1.70. The van der Waals surface area contributed by atoms with Gasteiger partial charge in [0.15, 0.2) is 0 Å². The standard InChI is InChI=1S/C13H16ClNO6/c14-6-3-1-2-5(4-6)13(21)15-7-8(16)10(18)12(20)11(19)9(7)17/h1-4,7-12,16-20H,(H,15,21)/t7?,8-,9+,10+,11-,12?. The Bertz CT molecular complexity index is 511. The highest BCUT2D eigenvalue weighted by atomic mass is 35.5. The first-order valence-corrected chi connectivity index (χ1v) is 6.67. The zero-order valence-electron chi connectivity index (χ0n) is 10.8. The molecule has 1 aliphatic carbocycles. The van der Waals surface area contributed by atoms with Crippen molar-refractivity contribution < 1.29 is 30.3 Å². The molecule has 7 nitrogen and oxygen atoms in total. The molecule has 1 aromatic carbocycles. The second kappa shape index (κ2) is 6.27. The number of aliphatic hydroxyl groups is 5. The SMILES string of the molecule is O=C(NC1[C@@H](O)[C@H](O)C(O)[C@H](O)[C@H]1O)c1cccc(Cl)c1. The van der Waals surface area contributed by atoms with Crippen molar-refractivity contribution in [1.29, 1.82) is 0 Å². The highest BCUT2D eigenvalue weighted by Gasteiger charge is 2.48. The van der Waals surface area contributed by atoms with Gasteiger partial charge in [0.25, 0.3) is 5.91 Å². The van der Waals surface area contributed by atoms with Gasteiger partial charge in [-0.1, -0.05) is 17.7 Å². The van der Waals surface area contributed by atoms with Crippen molar-refractivity contribution in [3.8, 4) is 0 Å². The predicted octanol–water partition coefficient (Wildman–Crippen LogP) is -1.74. The number of carbonyl (C=O) groups excluding carboxylic acids is 1. The van der Waals surface area contributed by atoms with Crippen molar-refractivity contribution in [2.24, 2.45) is 0 Å². The van der Waals surface area contributed by atoms with Crippen LogP contribution in [0.3, 0.4) is 0 Å². The number of carbonyl (C=O) groups is 1. The summed E-state index contributed by atoms with van der Waals surface area (Å²) < 4.78 is 0. The van der Waals surface area contributed by atoms with Crippen molar-refractivity contribution in [3.05, 3.63) is 34.9 Å². The Labute approximate surface area is 125 Å². The molecule has 1 amide bonds. The Kier molecular flexibility index (Phi) is 4.82. The number of rotatable bonds is 2. The lowest BCUT2D eigenvalue weighted by atomic mass is 9.83. The third-order valence-electron chi connectivity index (χ3n) is 3.52. The second-order valence-corrected chi connectivity index (χ2v) is 5.40. The van der Waals surface area contributed by atoms with Gasteiger partial charge in [0.2, 0.25) is 0 Å². The van der Waals surface area contributed by atoms with Gasteiger partial charge in [0, 0.05) is 10.6 Å². The molecule has 116 valence electrons. The van der Waals surface area contributed by atoms with E-state index >= 15 is 0 Å². The van der Waals surface area contributed by atoms with E-state index in [1.54, 1.807) is 12.1 Å². The Morgan fingerprint density at radius 3 is 2.00 bits per heavy atom. The molecule has 0 bridgehead atoms. The molecule has 1 aromatic rings. The van der Waals surface area contributed by atoms with E-state index in [1.807, 2.05) is 0 Å². The molecule has 0 heterocycles. The third-order valence-corrected chi connectivity index (χ3v) is 3.76. The number of hydrogen-bond donors (Lipinski definition) is 6. The summed E-state index contributed by atoms with van der Waals surface area (Å²) in [6, 6.07) is 4.67. The average molecular weight is 318 g/mol. The van der Waals surface area contributed by atoms with Gasteiger partial charge in [0.1, 0.15) is 30.5 Å². The summed E-state index contributed by atoms with van der Waals surface area (Å²) >= 11 is 5.76. The number of nitrogens with one attached hydrogen (secondary N) is 1. The van der Waals surface area contributed by atoms with Crippen molar-refractivity contribution in [1.82, 2.24) is 5.32 Å². The van der Waals surface area contributed by atoms with Crippen LogP contribution in [0, 0.1) is 0 Å². The molecule has 0 radical (unpaired) electrons. The molecule has 0 saturated heterocycles. The van der Waals surface area contributed by atoms with Gasteiger partial charge < -0.3 is 30.8 Å². The molecule has 6 N–H and O–H groups in total. The van der Waals surface area contributed by atoms with Crippen LogP contribution in [0.25, 0.3) is 0 Å². The van der Waals surface area contributed by atoms with Gasteiger partial charge in [-0.3, -0.25) is 4.79 Å². The van der Waals surface area contributed by atoms with Crippen LogP contribution >= 0.6 is 11.6 Å².